The Bertz CT molecular complexity index is 174. The molecule has 1 heteroatoms. The van der Waals surface area contributed by atoms with Gasteiger partial charge in [0.05, 0.1) is 0 Å². The fourth-order valence-electron chi connectivity index (χ4n) is 2.87. The van der Waals surface area contributed by atoms with Gasteiger partial charge in [-0.3, -0.25) is 4.79 Å². The van der Waals surface area contributed by atoms with Gasteiger partial charge in [-0.1, -0.05) is 13.3 Å². The molecule has 2 fully saturated rings. The summed E-state index contributed by atoms with van der Waals surface area (Å²) in [4.78, 5) is 11.1. The third-order valence-corrected chi connectivity index (χ3v) is 3.58. The van der Waals surface area contributed by atoms with E-state index in [9.17, 15) is 4.79 Å². The summed E-state index contributed by atoms with van der Waals surface area (Å²) in [5.41, 5.74) is 0. The van der Waals surface area contributed by atoms with Gasteiger partial charge in [0.1, 0.15) is 5.78 Å². The number of ketones is 1. The summed E-state index contributed by atoms with van der Waals surface area (Å²) >= 11 is 0. The van der Waals surface area contributed by atoms with Gasteiger partial charge in [-0.05, 0) is 30.6 Å². The van der Waals surface area contributed by atoms with E-state index >= 15 is 0 Å². The van der Waals surface area contributed by atoms with Gasteiger partial charge in [-0.15, -0.1) is 0 Å². The first kappa shape index (κ1) is 7.33. The zero-order chi connectivity index (χ0) is 7.84. The van der Waals surface area contributed by atoms with Crippen molar-refractivity contribution < 1.29 is 4.79 Å². The van der Waals surface area contributed by atoms with Crippen LogP contribution in [0.4, 0.5) is 0 Å². The molecular formula is C10H16O. The monoisotopic (exact) mass is 152 g/mol. The Morgan fingerprint density at radius 1 is 1.27 bits per heavy atom. The van der Waals surface area contributed by atoms with Gasteiger partial charge in [0.25, 0.3) is 0 Å². The zero-order valence-electron chi connectivity index (χ0n) is 7.18. The van der Waals surface area contributed by atoms with Gasteiger partial charge in [-0.2, -0.15) is 0 Å². The molecule has 0 aliphatic heterocycles. The highest BCUT2D eigenvalue weighted by Gasteiger charge is 2.37. The molecule has 0 heterocycles. The van der Waals surface area contributed by atoms with Gasteiger partial charge in [-0.25, -0.2) is 0 Å². The Kier molecular flexibility index (Phi) is 1.74. The molecule has 0 aromatic rings. The molecule has 2 aliphatic rings. The Hall–Kier alpha value is -0.330. The maximum absolute atomic E-state index is 11.1. The number of carbonyl (C=O) groups excluding carboxylic acids is 1. The minimum atomic E-state index is 0.514. The van der Waals surface area contributed by atoms with E-state index in [-0.39, 0.29) is 0 Å². The standard InChI is InChI=1S/C10H16O/c1-7-2-3-8-6-9(11)4-5-10(7)8/h7-8,10H,2-6H2,1H3/t7-,8+,10+/m0/s1. The first-order chi connectivity index (χ1) is 5.27. The minimum absolute atomic E-state index is 0.514. The van der Waals surface area contributed by atoms with E-state index in [0.29, 0.717) is 5.78 Å². The lowest BCUT2D eigenvalue weighted by Crippen LogP contribution is -2.23. The Morgan fingerprint density at radius 3 is 2.91 bits per heavy atom. The first-order valence-corrected chi connectivity index (χ1v) is 4.79. The number of Topliss-reactive ketones (excluding diaryl/α,β-unsaturated/α-hetero) is 1. The summed E-state index contributed by atoms with van der Waals surface area (Å²) in [7, 11) is 0. The van der Waals surface area contributed by atoms with Crippen LogP contribution in [-0.4, -0.2) is 5.78 Å². The number of hydrogen-bond acceptors (Lipinski definition) is 1. The molecule has 2 aliphatic carbocycles. The van der Waals surface area contributed by atoms with Crippen LogP contribution in [0.15, 0.2) is 0 Å². The molecule has 0 bridgehead atoms. The molecule has 0 aromatic heterocycles. The molecule has 2 rings (SSSR count). The van der Waals surface area contributed by atoms with E-state index in [2.05, 4.69) is 6.92 Å². The van der Waals surface area contributed by atoms with E-state index < -0.39 is 0 Å². The van der Waals surface area contributed by atoms with Crippen LogP contribution in [0.25, 0.3) is 0 Å². The molecule has 0 amide bonds. The van der Waals surface area contributed by atoms with E-state index in [1.54, 1.807) is 0 Å². The summed E-state index contributed by atoms with van der Waals surface area (Å²) < 4.78 is 0. The van der Waals surface area contributed by atoms with Crippen LogP contribution in [0.5, 0.6) is 0 Å². The van der Waals surface area contributed by atoms with Crippen molar-refractivity contribution in [1.82, 2.24) is 0 Å². The molecular weight excluding hydrogens is 136 g/mol. The van der Waals surface area contributed by atoms with Crippen molar-refractivity contribution >= 4 is 5.78 Å². The Labute approximate surface area is 68.2 Å². The molecule has 0 aromatic carbocycles. The second-order valence-electron chi connectivity index (χ2n) is 4.26. The van der Waals surface area contributed by atoms with Crippen LogP contribution in [0, 0.1) is 17.8 Å². The molecule has 2 saturated carbocycles. The molecule has 0 spiro atoms. The highest BCUT2D eigenvalue weighted by molar-refractivity contribution is 5.79. The zero-order valence-corrected chi connectivity index (χ0v) is 7.18. The smallest absolute Gasteiger partial charge is 0.133 e. The third-order valence-electron chi connectivity index (χ3n) is 3.58. The van der Waals surface area contributed by atoms with Crippen LogP contribution in [0.3, 0.4) is 0 Å². The maximum Gasteiger partial charge on any atom is 0.133 e. The van der Waals surface area contributed by atoms with Crippen LogP contribution in [0.2, 0.25) is 0 Å². The lowest BCUT2D eigenvalue weighted by atomic mass is 9.78. The lowest BCUT2D eigenvalue weighted by molar-refractivity contribution is -0.122. The summed E-state index contributed by atoms with van der Waals surface area (Å²) in [6.07, 6.45) is 5.63. The van der Waals surface area contributed by atoms with Crippen molar-refractivity contribution in [3.05, 3.63) is 0 Å². The van der Waals surface area contributed by atoms with E-state index in [0.717, 1.165) is 30.6 Å². The summed E-state index contributed by atoms with van der Waals surface area (Å²) in [6, 6.07) is 0. The van der Waals surface area contributed by atoms with Crippen molar-refractivity contribution in [3.8, 4) is 0 Å². The second-order valence-corrected chi connectivity index (χ2v) is 4.26. The average Bonchev–Trinajstić information content (AvgIpc) is 2.32. The number of rotatable bonds is 0. The lowest BCUT2D eigenvalue weighted by Gasteiger charge is -2.26. The van der Waals surface area contributed by atoms with E-state index in [4.69, 9.17) is 0 Å². The van der Waals surface area contributed by atoms with Crippen molar-refractivity contribution in [2.75, 3.05) is 0 Å². The fourth-order valence-corrected chi connectivity index (χ4v) is 2.87. The topological polar surface area (TPSA) is 17.1 Å². The molecule has 0 radical (unpaired) electrons. The SMILES string of the molecule is C[C@H]1CC[C@@H]2CC(=O)CC[C@@H]21. The Balaban J connectivity index is 2.05. The second kappa shape index (κ2) is 2.62. The number of hydrogen-bond donors (Lipinski definition) is 0. The quantitative estimate of drug-likeness (QED) is 0.521. The van der Waals surface area contributed by atoms with Crippen molar-refractivity contribution in [2.24, 2.45) is 17.8 Å². The van der Waals surface area contributed by atoms with Crippen LogP contribution < -0.4 is 0 Å². The van der Waals surface area contributed by atoms with Crippen molar-refractivity contribution in [3.63, 3.8) is 0 Å². The highest BCUT2D eigenvalue weighted by atomic mass is 16.1. The van der Waals surface area contributed by atoms with Gasteiger partial charge in [0.15, 0.2) is 0 Å². The predicted octanol–water partition coefficient (Wildman–Crippen LogP) is 2.40. The fraction of sp³-hybridized carbons (Fsp3) is 0.900. The number of fused-ring (bicyclic) bond motifs is 1. The largest absolute Gasteiger partial charge is 0.300 e. The van der Waals surface area contributed by atoms with Crippen LogP contribution >= 0.6 is 0 Å². The van der Waals surface area contributed by atoms with Gasteiger partial charge in [0, 0.05) is 12.8 Å². The van der Waals surface area contributed by atoms with Crippen molar-refractivity contribution in [2.45, 2.75) is 39.0 Å². The molecule has 0 saturated heterocycles. The van der Waals surface area contributed by atoms with Crippen LogP contribution in [-0.2, 0) is 4.79 Å². The molecule has 3 atom stereocenters. The molecule has 0 N–H and O–H groups in total. The van der Waals surface area contributed by atoms with Gasteiger partial charge < -0.3 is 0 Å². The molecule has 11 heavy (non-hydrogen) atoms. The summed E-state index contributed by atoms with van der Waals surface area (Å²) in [5, 5.41) is 0. The van der Waals surface area contributed by atoms with Gasteiger partial charge >= 0.3 is 0 Å². The van der Waals surface area contributed by atoms with Gasteiger partial charge in [0.2, 0.25) is 0 Å². The minimum Gasteiger partial charge on any atom is -0.300 e. The average molecular weight is 152 g/mol. The maximum atomic E-state index is 11.1. The molecule has 1 nitrogen and oxygen atoms in total. The highest BCUT2D eigenvalue weighted by Crippen LogP contribution is 2.44. The first-order valence-electron chi connectivity index (χ1n) is 4.79. The van der Waals surface area contributed by atoms with E-state index in [1.165, 1.54) is 19.3 Å². The number of carbonyl (C=O) groups is 1. The summed E-state index contributed by atoms with van der Waals surface area (Å²) in [5.74, 6) is 3.08. The Morgan fingerprint density at radius 2 is 2.09 bits per heavy atom. The summed E-state index contributed by atoms with van der Waals surface area (Å²) in [6.45, 7) is 2.35. The molecule has 62 valence electrons. The predicted molar refractivity (Wildman–Crippen MR) is 44.2 cm³/mol. The van der Waals surface area contributed by atoms with Crippen LogP contribution in [0.1, 0.15) is 39.0 Å². The third kappa shape index (κ3) is 1.21. The van der Waals surface area contributed by atoms with Crippen molar-refractivity contribution in [1.29, 1.82) is 0 Å². The normalized spacial score (nSPS) is 44.1. The molecule has 0 unspecified atom stereocenters. The van der Waals surface area contributed by atoms with E-state index in [1.807, 2.05) is 0 Å².